The van der Waals surface area contributed by atoms with Gasteiger partial charge in [-0.05, 0) is 37.3 Å². The second kappa shape index (κ2) is 6.71. The van der Waals surface area contributed by atoms with E-state index in [0.29, 0.717) is 5.56 Å². The van der Waals surface area contributed by atoms with Gasteiger partial charge in [0, 0.05) is 9.80 Å². The van der Waals surface area contributed by atoms with Crippen LogP contribution in [-0.4, -0.2) is 0 Å². The first-order valence-corrected chi connectivity index (χ1v) is 5.75. The van der Waals surface area contributed by atoms with Crippen molar-refractivity contribution >= 4 is 11.8 Å². The van der Waals surface area contributed by atoms with Crippen LogP contribution < -0.4 is 0 Å². The highest BCUT2D eigenvalue weighted by atomic mass is 32.2. The van der Waals surface area contributed by atoms with Crippen LogP contribution in [-0.2, 0) is 0 Å². The molecule has 1 aromatic rings. The fourth-order valence-corrected chi connectivity index (χ4v) is 1.89. The van der Waals surface area contributed by atoms with Gasteiger partial charge in [-0.25, -0.2) is 0 Å². The molecule has 0 atom stereocenters. The number of thioether (sulfide) groups is 1. The van der Waals surface area contributed by atoms with Crippen molar-refractivity contribution in [3.8, 4) is 6.07 Å². The van der Waals surface area contributed by atoms with Gasteiger partial charge in [0.15, 0.2) is 0 Å². The molecule has 2 heteroatoms. The number of rotatable bonds is 4. The van der Waals surface area contributed by atoms with Crippen LogP contribution in [0, 0.1) is 11.3 Å². The molecule has 0 saturated carbocycles. The lowest BCUT2D eigenvalue weighted by atomic mass is 10.2. The molecule has 0 heterocycles. The van der Waals surface area contributed by atoms with Crippen LogP contribution in [0.4, 0.5) is 0 Å². The van der Waals surface area contributed by atoms with Gasteiger partial charge in [0.05, 0.1) is 11.6 Å². The molecule has 0 unspecified atom stereocenters. The molecular weight excluding hydrogens is 214 g/mol. The van der Waals surface area contributed by atoms with Gasteiger partial charge in [0.1, 0.15) is 0 Å². The van der Waals surface area contributed by atoms with Gasteiger partial charge in [-0.3, -0.25) is 0 Å². The lowest BCUT2D eigenvalue weighted by Gasteiger charge is -2.01. The van der Waals surface area contributed by atoms with E-state index in [4.69, 9.17) is 5.26 Å². The van der Waals surface area contributed by atoms with Crippen LogP contribution in [0.15, 0.2) is 64.9 Å². The number of nitrogens with zero attached hydrogens (tertiary/aromatic N) is 1. The Balaban J connectivity index is 2.76. The monoisotopic (exact) mass is 227 g/mol. The van der Waals surface area contributed by atoms with Gasteiger partial charge in [-0.1, -0.05) is 36.6 Å². The van der Waals surface area contributed by atoms with Crippen LogP contribution in [0.5, 0.6) is 0 Å². The predicted molar refractivity (Wildman–Crippen MR) is 70.1 cm³/mol. The van der Waals surface area contributed by atoms with Crippen LogP contribution in [0.25, 0.3) is 0 Å². The minimum atomic E-state index is 0.688. The summed E-state index contributed by atoms with van der Waals surface area (Å²) in [6.45, 7) is 5.64. The van der Waals surface area contributed by atoms with E-state index in [1.165, 1.54) is 0 Å². The van der Waals surface area contributed by atoms with Gasteiger partial charge in [-0.15, -0.1) is 0 Å². The van der Waals surface area contributed by atoms with E-state index in [1.807, 2.05) is 49.4 Å². The van der Waals surface area contributed by atoms with Crippen molar-refractivity contribution < 1.29 is 0 Å². The van der Waals surface area contributed by atoms with E-state index < -0.39 is 0 Å². The number of nitriles is 1. The fraction of sp³-hybridized carbons (Fsp3) is 0.0714. The van der Waals surface area contributed by atoms with E-state index in [9.17, 15) is 0 Å². The SMILES string of the molecule is C=C/C=C\C(=C/C)Sc1ccc(C#N)cc1. The van der Waals surface area contributed by atoms with Crippen molar-refractivity contribution in [2.45, 2.75) is 11.8 Å². The predicted octanol–water partition coefficient (Wildman–Crippen LogP) is 4.30. The molecule has 0 aliphatic rings. The molecule has 80 valence electrons. The minimum absolute atomic E-state index is 0.688. The normalized spacial score (nSPS) is 11.4. The third-order valence-corrected chi connectivity index (χ3v) is 3.02. The zero-order chi connectivity index (χ0) is 11.8. The average molecular weight is 227 g/mol. The minimum Gasteiger partial charge on any atom is -0.192 e. The van der Waals surface area contributed by atoms with Crippen molar-refractivity contribution in [3.05, 3.63) is 65.6 Å². The lowest BCUT2D eigenvalue weighted by Crippen LogP contribution is -1.76. The first-order valence-electron chi connectivity index (χ1n) is 4.93. The van der Waals surface area contributed by atoms with Crippen molar-refractivity contribution in [3.63, 3.8) is 0 Å². The first-order chi connectivity index (χ1) is 7.80. The van der Waals surface area contributed by atoms with E-state index in [0.717, 1.165) is 9.80 Å². The van der Waals surface area contributed by atoms with E-state index in [2.05, 4.69) is 12.6 Å². The molecule has 16 heavy (non-hydrogen) atoms. The largest absolute Gasteiger partial charge is 0.192 e. The standard InChI is InChI=1S/C14H13NS/c1-3-5-6-13(4-2)16-14-9-7-12(11-15)8-10-14/h3-10H,1H2,2H3/b6-5-,13-4+. The number of benzene rings is 1. The van der Waals surface area contributed by atoms with Crippen LogP contribution in [0.3, 0.4) is 0 Å². The Morgan fingerprint density at radius 1 is 1.38 bits per heavy atom. The van der Waals surface area contributed by atoms with Gasteiger partial charge < -0.3 is 0 Å². The molecule has 0 spiro atoms. The summed E-state index contributed by atoms with van der Waals surface area (Å²) >= 11 is 1.66. The van der Waals surface area contributed by atoms with Crippen LogP contribution >= 0.6 is 11.8 Å². The maximum atomic E-state index is 8.68. The summed E-state index contributed by atoms with van der Waals surface area (Å²) in [7, 11) is 0. The second-order valence-electron chi connectivity index (χ2n) is 3.02. The molecule has 1 rings (SSSR count). The molecule has 0 fully saturated rings. The van der Waals surface area contributed by atoms with Gasteiger partial charge in [0.2, 0.25) is 0 Å². The van der Waals surface area contributed by atoms with Gasteiger partial charge in [-0.2, -0.15) is 5.26 Å². The molecule has 0 amide bonds. The van der Waals surface area contributed by atoms with Gasteiger partial charge in [0.25, 0.3) is 0 Å². The van der Waals surface area contributed by atoms with Gasteiger partial charge >= 0.3 is 0 Å². The number of hydrogen-bond donors (Lipinski definition) is 0. The third kappa shape index (κ3) is 3.80. The zero-order valence-electron chi connectivity index (χ0n) is 9.18. The zero-order valence-corrected chi connectivity index (χ0v) is 10.00. The molecular formula is C14H13NS. The Morgan fingerprint density at radius 3 is 2.56 bits per heavy atom. The number of hydrogen-bond acceptors (Lipinski definition) is 2. The summed E-state index contributed by atoms with van der Waals surface area (Å²) in [6, 6.07) is 9.66. The summed E-state index contributed by atoms with van der Waals surface area (Å²) in [5.41, 5.74) is 0.688. The maximum Gasteiger partial charge on any atom is 0.0991 e. The summed E-state index contributed by atoms with van der Waals surface area (Å²) in [5.74, 6) is 0. The quantitative estimate of drug-likeness (QED) is 0.565. The molecule has 0 aromatic heterocycles. The Labute approximate surface area is 101 Å². The topological polar surface area (TPSA) is 23.8 Å². The molecule has 0 saturated heterocycles. The number of allylic oxidation sites excluding steroid dienone is 4. The van der Waals surface area contributed by atoms with E-state index in [-0.39, 0.29) is 0 Å². The molecule has 1 aromatic carbocycles. The van der Waals surface area contributed by atoms with Crippen molar-refractivity contribution in [2.75, 3.05) is 0 Å². The highest BCUT2D eigenvalue weighted by Crippen LogP contribution is 2.27. The highest BCUT2D eigenvalue weighted by Gasteiger charge is 1.96. The molecule has 0 aliphatic heterocycles. The smallest absolute Gasteiger partial charge is 0.0991 e. The Morgan fingerprint density at radius 2 is 2.06 bits per heavy atom. The van der Waals surface area contributed by atoms with Crippen molar-refractivity contribution in [2.24, 2.45) is 0 Å². The molecule has 1 nitrogen and oxygen atoms in total. The fourth-order valence-electron chi connectivity index (χ4n) is 1.09. The molecule has 0 N–H and O–H groups in total. The lowest BCUT2D eigenvalue weighted by molar-refractivity contribution is 1.42. The molecule has 0 bridgehead atoms. The third-order valence-electron chi connectivity index (χ3n) is 1.90. The van der Waals surface area contributed by atoms with Crippen LogP contribution in [0.1, 0.15) is 12.5 Å². The summed E-state index contributed by atoms with van der Waals surface area (Å²) in [4.78, 5) is 2.28. The highest BCUT2D eigenvalue weighted by molar-refractivity contribution is 8.03. The van der Waals surface area contributed by atoms with Crippen molar-refractivity contribution in [1.29, 1.82) is 5.26 Å². The van der Waals surface area contributed by atoms with Crippen molar-refractivity contribution in [1.82, 2.24) is 0 Å². The van der Waals surface area contributed by atoms with Crippen LogP contribution in [0.2, 0.25) is 0 Å². The Bertz CT molecular complexity index is 447. The summed E-state index contributed by atoms with van der Waals surface area (Å²) < 4.78 is 0. The first kappa shape index (κ1) is 12.4. The Hall–Kier alpha value is -1.72. The average Bonchev–Trinajstić information content (AvgIpc) is 2.35. The summed E-state index contributed by atoms with van der Waals surface area (Å²) in [5, 5.41) is 8.68. The Kier molecular flexibility index (Phi) is 5.18. The van der Waals surface area contributed by atoms with E-state index >= 15 is 0 Å². The molecule has 0 radical (unpaired) electrons. The summed E-state index contributed by atoms with van der Waals surface area (Å²) in [6.07, 6.45) is 7.72. The van der Waals surface area contributed by atoms with E-state index in [1.54, 1.807) is 17.8 Å². The second-order valence-corrected chi connectivity index (χ2v) is 4.17. The molecule has 0 aliphatic carbocycles. The maximum absolute atomic E-state index is 8.68.